The number of quaternary nitrogens is 1. The zero-order valence-electron chi connectivity index (χ0n) is 13.2. The molecule has 2 rings (SSSR count). The van der Waals surface area contributed by atoms with E-state index < -0.39 is 0 Å². The summed E-state index contributed by atoms with van der Waals surface area (Å²) in [6.07, 6.45) is 1.43. The number of aromatic nitrogens is 1. The van der Waals surface area contributed by atoms with Crippen molar-refractivity contribution < 1.29 is 14.4 Å². The van der Waals surface area contributed by atoms with Crippen LogP contribution in [0.2, 0.25) is 15.1 Å². The van der Waals surface area contributed by atoms with Gasteiger partial charge in [0.1, 0.15) is 12.3 Å². The predicted molar refractivity (Wildman–Crippen MR) is 96.3 cm³/mol. The fraction of sp³-hybridized carbons (Fsp3) is 0.250. The normalized spacial score (nSPS) is 11.9. The maximum atomic E-state index is 12.2. The van der Waals surface area contributed by atoms with Crippen LogP contribution in [-0.2, 0) is 11.3 Å². The van der Waals surface area contributed by atoms with Crippen LogP contribution in [0.25, 0.3) is 0 Å². The highest BCUT2D eigenvalue weighted by Gasteiger charge is 2.15. The summed E-state index contributed by atoms with van der Waals surface area (Å²) in [5.74, 6) is 0.825. The van der Waals surface area contributed by atoms with Gasteiger partial charge in [0.25, 0.3) is 5.91 Å². The molecule has 1 atom stereocenters. The van der Waals surface area contributed by atoms with Crippen molar-refractivity contribution in [3.63, 3.8) is 0 Å². The zero-order valence-corrected chi connectivity index (χ0v) is 15.5. The molecule has 2 N–H and O–H groups in total. The second-order valence-electron chi connectivity index (χ2n) is 5.30. The Bertz CT molecular complexity index is 741. The molecule has 1 aromatic heterocycles. The van der Waals surface area contributed by atoms with Crippen LogP contribution in [0.1, 0.15) is 5.56 Å². The van der Waals surface area contributed by atoms with Gasteiger partial charge in [0.2, 0.25) is 0 Å². The van der Waals surface area contributed by atoms with Crippen molar-refractivity contribution >= 4 is 46.5 Å². The fourth-order valence-corrected chi connectivity index (χ4v) is 2.85. The number of methoxy groups -OCH3 is 1. The Hall–Kier alpha value is -1.53. The fourth-order valence-electron chi connectivity index (χ4n) is 2.23. The minimum Gasteiger partial charge on any atom is -0.496 e. The molecule has 0 fully saturated rings. The van der Waals surface area contributed by atoms with Gasteiger partial charge in [-0.05, 0) is 24.3 Å². The second-order valence-corrected chi connectivity index (χ2v) is 6.58. The summed E-state index contributed by atoms with van der Waals surface area (Å²) < 4.78 is 5.32. The van der Waals surface area contributed by atoms with Gasteiger partial charge in [-0.2, -0.15) is 0 Å². The summed E-state index contributed by atoms with van der Waals surface area (Å²) in [6, 6.07) is 6.93. The topological polar surface area (TPSA) is 55.7 Å². The van der Waals surface area contributed by atoms with Gasteiger partial charge in [-0.25, -0.2) is 4.98 Å². The van der Waals surface area contributed by atoms with Crippen LogP contribution in [0.4, 0.5) is 5.82 Å². The number of hydrogen-bond acceptors (Lipinski definition) is 3. The molecular weight excluding hydrogens is 373 g/mol. The molecule has 0 saturated carbocycles. The monoisotopic (exact) mass is 388 g/mol. The van der Waals surface area contributed by atoms with Crippen molar-refractivity contribution in [2.45, 2.75) is 6.54 Å². The van der Waals surface area contributed by atoms with Gasteiger partial charge >= 0.3 is 0 Å². The van der Waals surface area contributed by atoms with Gasteiger partial charge in [-0.15, -0.1) is 0 Å². The Morgan fingerprint density at radius 1 is 1.25 bits per heavy atom. The molecule has 24 heavy (non-hydrogen) atoms. The summed E-state index contributed by atoms with van der Waals surface area (Å²) in [5.41, 5.74) is 0.929. The van der Waals surface area contributed by atoms with Crippen LogP contribution in [0.3, 0.4) is 0 Å². The molecule has 0 radical (unpaired) electrons. The molecule has 0 aliphatic rings. The first-order valence-corrected chi connectivity index (χ1v) is 8.27. The second kappa shape index (κ2) is 8.53. The van der Waals surface area contributed by atoms with Crippen molar-refractivity contribution in [2.75, 3.05) is 26.0 Å². The van der Waals surface area contributed by atoms with Crippen LogP contribution in [0.15, 0.2) is 30.5 Å². The third-order valence-corrected chi connectivity index (χ3v) is 3.99. The van der Waals surface area contributed by atoms with Gasteiger partial charge < -0.3 is 15.0 Å². The molecule has 1 heterocycles. The van der Waals surface area contributed by atoms with E-state index in [0.29, 0.717) is 27.4 Å². The van der Waals surface area contributed by atoms with Crippen molar-refractivity contribution in [1.82, 2.24) is 4.98 Å². The molecule has 0 bridgehead atoms. The highest BCUT2D eigenvalue weighted by atomic mass is 35.5. The van der Waals surface area contributed by atoms with Gasteiger partial charge in [0.05, 0.1) is 24.2 Å². The molecule has 0 saturated heterocycles. The Morgan fingerprint density at radius 3 is 2.67 bits per heavy atom. The van der Waals surface area contributed by atoms with E-state index >= 15 is 0 Å². The van der Waals surface area contributed by atoms with Crippen molar-refractivity contribution in [2.24, 2.45) is 0 Å². The molecule has 1 aromatic carbocycles. The summed E-state index contributed by atoms with van der Waals surface area (Å²) in [5, 5.41) is 4.01. The molecule has 2 aromatic rings. The number of carbonyl (C=O) groups excluding carboxylic acids is 1. The van der Waals surface area contributed by atoms with Crippen LogP contribution < -0.4 is 15.0 Å². The Morgan fingerprint density at radius 2 is 2.00 bits per heavy atom. The van der Waals surface area contributed by atoms with E-state index in [1.54, 1.807) is 13.2 Å². The number of ether oxygens (including phenoxy) is 1. The summed E-state index contributed by atoms with van der Waals surface area (Å²) >= 11 is 17.8. The van der Waals surface area contributed by atoms with Gasteiger partial charge in [0, 0.05) is 16.8 Å². The number of hydrogen-bond donors (Lipinski definition) is 2. The van der Waals surface area contributed by atoms with E-state index in [1.807, 2.05) is 19.2 Å². The quantitative estimate of drug-likeness (QED) is 0.799. The number of nitrogens with one attached hydrogen (secondary N) is 2. The molecule has 0 aliphatic carbocycles. The Labute approximate surface area is 155 Å². The number of carbonyl (C=O) groups is 1. The number of pyridine rings is 1. The molecule has 0 spiro atoms. The minimum atomic E-state index is -0.204. The van der Waals surface area contributed by atoms with Crippen molar-refractivity contribution in [3.05, 3.63) is 51.1 Å². The maximum Gasteiger partial charge on any atom is 0.280 e. The summed E-state index contributed by atoms with van der Waals surface area (Å²) in [6.45, 7) is 0.815. The van der Waals surface area contributed by atoms with E-state index in [1.165, 1.54) is 12.3 Å². The Kier molecular flexibility index (Phi) is 6.69. The van der Waals surface area contributed by atoms with E-state index in [9.17, 15) is 4.79 Å². The van der Waals surface area contributed by atoms with E-state index in [-0.39, 0.29) is 12.5 Å². The minimum absolute atomic E-state index is 0.204. The smallest absolute Gasteiger partial charge is 0.280 e. The Balaban J connectivity index is 1.98. The highest BCUT2D eigenvalue weighted by molar-refractivity contribution is 6.36. The highest BCUT2D eigenvalue weighted by Crippen LogP contribution is 2.23. The number of halogens is 3. The lowest BCUT2D eigenvalue weighted by molar-refractivity contribution is -0.885. The molecule has 5 nitrogen and oxygen atoms in total. The van der Waals surface area contributed by atoms with Crippen LogP contribution in [-0.4, -0.2) is 31.6 Å². The van der Waals surface area contributed by atoms with Crippen LogP contribution in [0.5, 0.6) is 5.75 Å². The molecular formula is C16H17Cl3N3O2+. The van der Waals surface area contributed by atoms with E-state index in [4.69, 9.17) is 39.5 Å². The third kappa shape index (κ3) is 5.24. The standard InChI is InChI=1S/C16H16Cl3N3O2/c1-22(8-10-5-11(17)3-4-14(10)24-2)9-15(23)21-16-13(19)6-12(18)7-20-16/h3-7H,8-9H2,1-2H3,(H,20,21,23)/p+1. The largest absolute Gasteiger partial charge is 0.496 e. The summed E-state index contributed by atoms with van der Waals surface area (Å²) in [4.78, 5) is 17.1. The first kappa shape index (κ1) is 18.8. The predicted octanol–water partition coefficient (Wildman–Crippen LogP) is 2.70. The average molecular weight is 390 g/mol. The number of nitrogens with zero attached hydrogens (tertiary/aromatic N) is 1. The number of benzene rings is 1. The van der Waals surface area contributed by atoms with Crippen molar-refractivity contribution in [3.8, 4) is 5.75 Å². The number of amides is 1. The molecule has 1 amide bonds. The van der Waals surface area contributed by atoms with E-state index in [2.05, 4.69) is 10.3 Å². The first-order chi connectivity index (χ1) is 11.4. The van der Waals surface area contributed by atoms with Gasteiger partial charge in [-0.1, -0.05) is 34.8 Å². The lowest BCUT2D eigenvalue weighted by Gasteiger charge is -2.16. The van der Waals surface area contributed by atoms with Crippen LogP contribution in [0, 0.1) is 0 Å². The van der Waals surface area contributed by atoms with Crippen LogP contribution >= 0.6 is 34.8 Å². The third-order valence-electron chi connectivity index (χ3n) is 3.26. The van der Waals surface area contributed by atoms with Gasteiger partial charge in [-0.3, -0.25) is 4.79 Å². The molecule has 0 aliphatic heterocycles. The molecule has 8 heteroatoms. The number of rotatable bonds is 6. The summed E-state index contributed by atoms with van der Waals surface area (Å²) in [7, 11) is 3.50. The van der Waals surface area contributed by atoms with E-state index in [0.717, 1.165) is 16.2 Å². The first-order valence-electron chi connectivity index (χ1n) is 7.13. The average Bonchev–Trinajstić information content (AvgIpc) is 2.50. The number of likely N-dealkylation sites (N-methyl/N-ethyl adjacent to an activating group) is 1. The lowest BCUT2D eigenvalue weighted by Crippen LogP contribution is -3.08. The van der Waals surface area contributed by atoms with Gasteiger partial charge in [0.15, 0.2) is 12.4 Å². The van der Waals surface area contributed by atoms with Crippen molar-refractivity contribution in [1.29, 1.82) is 0 Å². The molecule has 1 unspecified atom stereocenters. The molecule has 128 valence electrons. The lowest BCUT2D eigenvalue weighted by atomic mass is 10.2. The maximum absolute atomic E-state index is 12.2. The zero-order chi connectivity index (χ0) is 17.7. The SMILES string of the molecule is COc1ccc(Cl)cc1C[NH+](C)CC(=O)Nc1ncc(Cl)cc1Cl. The number of anilines is 1.